The Hall–Kier alpha value is -0.810. The lowest BCUT2D eigenvalue weighted by Gasteiger charge is -2.31. The van der Waals surface area contributed by atoms with Crippen molar-refractivity contribution >= 4 is 11.8 Å². The molecule has 0 spiro atoms. The van der Waals surface area contributed by atoms with Gasteiger partial charge in [-0.15, -0.1) is 0 Å². The summed E-state index contributed by atoms with van der Waals surface area (Å²) in [7, 11) is 0. The molecular weight excluding hydrogens is 258 g/mol. The first-order valence-corrected chi connectivity index (χ1v) is 7.99. The third-order valence-corrected chi connectivity index (χ3v) is 4.91. The van der Waals surface area contributed by atoms with E-state index >= 15 is 0 Å². The van der Waals surface area contributed by atoms with Crippen LogP contribution in [0.5, 0.6) is 0 Å². The molecule has 0 aliphatic heterocycles. The molecule has 19 heavy (non-hydrogen) atoms. The van der Waals surface area contributed by atoms with Gasteiger partial charge >= 0.3 is 0 Å². The average Bonchev–Trinajstić information content (AvgIpc) is 2.33. The topological polar surface area (TPSA) is 71.8 Å². The van der Waals surface area contributed by atoms with Crippen LogP contribution in [0.15, 0.2) is 16.0 Å². The molecule has 0 saturated heterocycles. The van der Waals surface area contributed by atoms with Gasteiger partial charge in [0.1, 0.15) is 0 Å². The highest BCUT2D eigenvalue weighted by molar-refractivity contribution is 7.99. The molecule has 4 nitrogen and oxygen atoms in total. The molecule has 5 heteroatoms. The number of hydrogen-bond donors (Lipinski definition) is 2. The number of nitrogens with two attached hydrogens (primary N) is 1. The molecule has 1 saturated carbocycles. The Bertz CT molecular complexity index is 474. The van der Waals surface area contributed by atoms with Gasteiger partial charge in [0.2, 0.25) is 0 Å². The normalized spacial score (nSPS) is 27.4. The average molecular weight is 281 g/mol. The quantitative estimate of drug-likeness (QED) is 0.831. The van der Waals surface area contributed by atoms with Crippen LogP contribution in [-0.2, 0) is 6.42 Å². The number of nitrogens with zero attached hydrogens (tertiary/aromatic N) is 1. The summed E-state index contributed by atoms with van der Waals surface area (Å²) in [6, 6.07) is 1.80. The summed E-state index contributed by atoms with van der Waals surface area (Å²) in [6.45, 7) is 4.36. The highest BCUT2D eigenvalue weighted by Gasteiger charge is 2.27. The van der Waals surface area contributed by atoms with E-state index in [1.54, 1.807) is 17.8 Å². The summed E-state index contributed by atoms with van der Waals surface area (Å²) in [5, 5.41) is 1.09. The van der Waals surface area contributed by atoms with Crippen molar-refractivity contribution in [1.82, 2.24) is 9.97 Å². The van der Waals surface area contributed by atoms with Crippen LogP contribution >= 0.6 is 11.8 Å². The van der Waals surface area contributed by atoms with Crippen LogP contribution in [0.25, 0.3) is 0 Å². The van der Waals surface area contributed by atoms with Gasteiger partial charge in [0.05, 0.1) is 0 Å². The molecule has 1 aromatic rings. The SMILES string of the molecule is CCCc1cc(=O)[nH]c(SC2CC(C)CCC2N)n1. The standard InChI is InChI=1S/C14H23N3OS/c1-3-4-10-8-13(18)17-14(16-10)19-12-7-9(2)5-6-11(12)15/h8-9,11-12H,3-7,15H2,1-2H3,(H,16,17,18). The first kappa shape index (κ1) is 14.6. The molecule has 3 unspecified atom stereocenters. The third-order valence-electron chi connectivity index (χ3n) is 3.65. The second kappa shape index (κ2) is 6.57. The number of nitrogens with one attached hydrogen (secondary N) is 1. The number of aromatic nitrogens is 2. The summed E-state index contributed by atoms with van der Waals surface area (Å²) in [4.78, 5) is 19.0. The first-order chi connectivity index (χ1) is 9.08. The van der Waals surface area contributed by atoms with E-state index in [-0.39, 0.29) is 11.6 Å². The summed E-state index contributed by atoms with van der Waals surface area (Å²) >= 11 is 1.64. The van der Waals surface area contributed by atoms with E-state index in [9.17, 15) is 4.79 Å². The van der Waals surface area contributed by atoms with E-state index in [1.165, 1.54) is 6.42 Å². The Morgan fingerprint density at radius 2 is 2.32 bits per heavy atom. The lowest BCUT2D eigenvalue weighted by Crippen LogP contribution is -2.38. The number of hydrogen-bond acceptors (Lipinski definition) is 4. The van der Waals surface area contributed by atoms with E-state index in [0.29, 0.717) is 11.2 Å². The summed E-state index contributed by atoms with van der Waals surface area (Å²) in [6.07, 6.45) is 5.23. The monoisotopic (exact) mass is 281 g/mol. The summed E-state index contributed by atoms with van der Waals surface area (Å²) in [5.74, 6) is 0.711. The fourth-order valence-electron chi connectivity index (χ4n) is 2.55. The van der Waals surface area contributed by atoms with E-state index in [2.05, 4.69) is 23.8 Å². The molecule has 0 bridgehead atoms. The van der Waals surface area contributed by atoms with E-state index in [1.807, 2.05) is 0 Å². The van der Waals surface area contributed by atoms with Crippen molar-refractivity contribution in [3.63, 3.8) is 0 Å². The van der Waals surface area contributed by atoms with Crippen molar-refractivity contribution in [3.8, 4) is 0 Å². The molecule has 3 N–H and O–H groups in total. The molecule has 1 aliphatic rings. The van der Waals surface area contributed by atoms with E-state index < -0.39 is 0 Å². The second-order valence-electron chi connectivity index (χ2n) is 5.53. The number of thioether (sulfide) groups is 1. The molecular formula is C14H23N3OS. The minimum absolute atomic E-state index is 0.0571. The molecule has 0 amide bonds. The Kier molecular flexibility index (Phi) is 5.05. The lowest BCUT2D eigenvalue weighted by molar-refractivity contribution is 0.357. The van der Waals surface area contributed by atoms with Crippen LogP contribution < -0.4 is 11.3 Å². The van der Waals surface area contributed by atoms with Gasteiger partial charge in [0.15, 0.2) is 5.16 Å². The predicted molar refractivity (Wildman–Crippen MR) is 79.5 cm³/mol. The fraction of sp³-hybridized carbons (Fsp3) is 0.714. The Labute approximate surface area is 118 Å². The van der Waals surface area contributed by atoms with Gasteiger partial charge in [-0.2, -0.15) is 0 Å². The van der Waals surface area contributed by atoms with Crippen molar-refractivity contribution < 1.29 is 0 Å². The Morgan fingerprint density at radius 1 is 1.53 bits per heavy atom. The molecule has 1 fully saturated rings. The molecule has 0 aromatic carbocycles. The Morgan fingerprint density at radius 3 is 3.05 bits per heavy atom. The Balaban J connectivity index is 2.11. The van der Waals surface area contributed by atoms with E-state index in [0.717, 1.165) is 36.5 Å². The smallest absolute Gasteiger partial charge is 0.251 e. The largest absolute Gasteiger partial charge is 0.327 e. The van der Waals surface area contributed by atoms with Crippen LogP contribution in [-0.4, -0.2) is 21.3 Å². The summed E-state index contributed by atoms with van der Waals surface area (Å²) < 4.78 is 0. The van der Waals surface area contributed by atoms with Crippen LogP contribution in [0, 0.1) is 5.92 Å². The zero-order valence-corrected chi connectivity index (χ0v) is 12.5. The van der Waals surface area contributed by atoms with Gasteiger partial charge in [-0.3, -0.25) is 4.79 Å². The third kappa shape index (κ3) is 4.08. The highest BCUT2D eigenvalue weighted by Crippen LogP contribution is 2.33. The van der Waals surface area contributed by atoms with Crippen LogP contribution in [0.2, 0.25) is 0 Å². The van der Waals surface area contributed by atoms with Gasteiger partial charge < -0.3 is 10.7 Å². The van der Waals surface area contributed by atoms with Gasteiger partial charge in [0.25, 0.3) is 5.56 Å². The van der Waals surface area contributed by atoms with Crippen molar-refractivity contribution in [2.75, 3.05) is 0 Å². The molecule has 2 rings (SSSR count). The maximum absolute atomic E-state index is 11.6. The summed E-state index contributed by atoms with van der Waals surface area (Å²) in [5.41, 5.74) is 7.01. The first-order valence-electron chi connectivity index (χ1n) is 7.11. The molecule has 1 aromatic heterocycles. The number of H-pyrrole nitrogens is 1. The number of aryl methyl sites for hydroxylation is 1. The maximum Gasteiger partial charge on any atom is 0.251 e. The lowest BCUT2D eigenvalue weighted by atomic mass is 9.87. The van der Waals surface area contributed by atoms with Crippen LogP contribution in [0.4, 0.5) is 0 Å². The molecule has 3 atom stereocenters. The number of aromatic amines is 1. The van der Waals surface area contributed by atoms with E-state index in [4.69, 9.17) is 5.73 Å². The van der Waals surface area contributed by atoms with Crippen LogP contribution in [0.3, 0.4) is 0 Å². The highest BCUT2D eigenvalue weighted by atomic mass is 32.2. The van der Waals surface area contributed by atoms with Gasteiger partial charge in [-0.05, 0) is 31.6 Å². The second-order valence-corrected chi connectivity index (χ2v) is 6.76. The zero-order chi connectivity index (χ0) is 13.8. The van der Waals surface area contributed by atoms with Gasteiger partial charge in [-0.1, -0.05) is 32.0 Å². The maximum atomic E-state index is 11.6. The number of rotatable bonds is 4. The minimum atomic E-state index is -0.0571. The van der Waals surface area contributed by atoms with Crippen molar-refractivity contribution in [1.29, 1.82) is 0 Å². The fourth-order valence-corrected chi connectivity index (χ4v) is 3.91. The predicted octanol–water partition coefficient (Wildman–Crippen LogP) is 2.33. The van der Waals surface area contributed by atoms with Crippen LogP contribution in [0.1, 0.15) is 45.2 Å². The zero-order valence-electron chi connectivity index (χ0n) is 11.7. The molecule has 1 heterocycles. The molecule has 0 radical (unpaired) electrons. The van der Waals surface area contributed by atoms with Crippen molar-refractivity contribution in [2.45, 2.75) is 62.4 Å². The van der Waals surface area contributed by atoms with Gasteiger partial charge in [0, 0.05) is 23.1 Å². The van der Waals surface area contributed by atoms with Gasteiger partial charge in [-0.25, -0.2) is 4.98 Å². The van der Waals surface area contributed by atoms with Crippen molar-refractivity contribution in [2.24, 2.45) is 11.7 Å². The minimum Gasteiger partial charge on any atom is -0.327 e. The molecule has 1 aliphatic carbocycles. The molecule has 106 valence electrons. The van der Waals surface area contributed by atoms with Crippen molar-refractivity contribution in [3.05, 3.63) is 22.1 Å².